The molecule has 0 spiro atoms. The second-order valence-corrected chi connectivity index (χ2v) is 4.33. The van der Waals surface area contributed by atoms with Crippen molar-refractivity contribution in [1.82, 2.24) is 5.16 Å². The number of hydrogen-bond donors (Lipinski definition) is 0. The van der Waals surface area contributed by atoms with Crippen LogP contribution in [0.3, 0.4) is 0 Å². The third-order valence-electron chi connectivity index (χ3n) is 3.13. The molecule has 1 aromatic heterocycles. The van der Waals surface area contributed by atoms with Gasteiger partial charge in [0.05, 0.1) is 6.20 Å². The number of carbonyl (C=O) groups excluding carboxylic acids is 1. The van der Waals surface area contributed by atoms with Gasteiger partial charge < -0.3 is 9.26 Å². The fourth-order valence-electron chi connectivity index (χ4n) is 2.25. The lowest BCUT2D eigenvalue weighted by atomic mass is 9.90. The second kappa shape index (κ2) is 4.64. The van der Waals surface area contributed by atoms with E-state index in [2.05, 4.69) is 5.16 Å². The Morgan fingerprint density at radius 2 is 2.22 bits per heavy atom. The minimum Gasteiger partial charge on any atom is -0.485 e. The van der Waals surface area contributed by atoms with Gasteiger partial charge in [0.2, 0.25) is 0 Å². The summed E-state index contributed by atoms with van der Waals surface area (Å²) >= 11 is 0. The summed E-state index contributed by atoms with van der Waals surface area (Å²) in [4.78, 5) is 11.8. The van der Waals surface area contributed by atoms with Crippen molar-refractivity contribution >= 4 is 5.78 Å². The maximum Gasteiger partial charge on any atom is 0.174 e. The molecule has 0 bridgehead atoms. The average Bonchev–Trinajstić information content (AvgIpc) is 2.90. The van der Waals surface area contributed by atoms with E-state index in [-0.39, 0.29) is 5.78 Å². The van der Waals surface area contributed by atoms with Crippen LogP contribution in [-0.2, 0) is 13.0 Å². The summed E-state index contributed by atoms with van der Waals surface area (Å²) in [6.45, 7) is 0.338. The van der Waals surface area contributed by atoms with Crippen LogP contribution >= 0.6 is 0 Å². The fraction of sp³-hybridized carbons (Fsp3) is 0.286. The Bertz CT molecular complexity index is 560. The van der Waals surface area contributed by atoms with E-state index in [0.717, 1.165) is 29.7 Å². The maximum atomic E-state index is 11.8. The lowest BCUT2D eigenvalue weighted by Gasteiger charge is -2.18. The first kappa shape index (κ1) is 11.0. The zero-order valence-electron chi connectivity index (χ0n) is 9.89. The molecule has 18 heavy (non-hydrogen) atoms. The van der Waals surface area contributed by atoms with Gasteiger partial charge in [-0.15, -0.1) is 0 Å². The number of Topliss-reactive ketones (excluding diaryl/α,β-unsaturated/α-hetero) is 1. The van der Waals surface area contributed by atoms with Crippen LogP contribution in [0, 0.1) is 0 Å². The molecule has 1 heterocycles. The van der Waals surface area contributed by atoms with Crippen molar-refractivity contribution in [2.45, 2.75) is 25.9 Å². The Balaban J connectivity index is 1.84. The second-order valence-electron chi connectivity index (χ2n) is 4.33. The van der Waals surface area contributed by atoms with Gasteiger partial charge >= 0.3 is 0 Å². The quantitative estimate of drug-likeness (QED) is 0.831. The number of carbonyl (C=O) groups is 1. The highest BCUT2D eigenvalue weighted by atomic mass is 16.5. The van der Waals surface area contributed by atoms with Crippen LogP contribution in [-0.4, -0.2) is 10.9 Å². The van der Waals surface area contributed by atoms with Gasteiger partial charge in [-0.2, -0.15) is 0 Å². The van der Waals surface area contributed by atoms with Crippen LogP contribution in [0.1, 0.15) is 34.5 Å². The van der Waals surface area contributed by atoms with Crippen molar-refractivity contribution < 1.29 is 14.1 Å². The summed E-state index contributed by atoms with van der Waals surface area (Å²) in [7, 11) is 0. The SMILES string of the molecule is O=C1CCCc2c(OCc3ccno3)cccc21. The van der Waals surface area contributed by atoms with Crippen molar-refractivity contribution in [1.29, 1.82) is 0 Å². The van der Waals surface area contributed by atoms with E-state index >= 15 is 0 Å². The summed E-state index contributed by atoms with van der Waals surface area (Å²) in [6, 6.07) is 7.39. The third kappa shape index (κ3) is 2.01. The van der Waals surface area contributed by atoms with E-state index in [1.54, 1.807) is 12.3 Å². The molecule has 92 valence electrons. The predicted octanol–water partition coefficient (Wildman–Crippen LogP) is 2.77. The Morgan fingerprint density at radius 3 is 3.06 bits per heavy atom. The molecule has 3 rings (SSSR count). The van der Waals surface area contributed by atoms with E-state index in [1.165, 1.54) is 0 Å². The monoisotopic (exact) mass is 243 g/mol. The molecule has 0 N–H and O–H groups in total. The molecule has 0 aliphatic heterocycles. The largest absolute Gasteiger partial charge is 0.485 e. The highest BCUT2D eigenvalue weighted by molar-refractivity contribution is 5.99. The van der Waals surface area contributed by atoms with E-state index in [0.29, 0.717) is 18.8 Å². The van der Waals surface area contributed by atoms with Crippen LogP contribution in [0.25, 0.3) is 0 Å². The highest BCUT2D eigenvalue weighted by Crippen LogP contribution is 2.29. The number of nitrogens with zero attached hydrogens (tertiary/aromatic N) is 1. The van der Waals surface area contributed by atoms with Gasteiger partial charge in [-0.1, -0.05) is 17.3 Å². The van der Waals surface area contributed by atoms with E-state index in [1.807, 2.05) is 18.2 Å². The molecule has 0 atom stereocenters. The number of rotatable bonds is 3. The fourth-order valence-corrected chi connectivity index (χ4v) is 2.25. The summed E-state index contributed by atoms with van der Waals surface area (Å²) < 4.78 is 10.7. The van der Waals surface area contributed by atoms with E-state index < -0.39 is 0 Å². The van der Waals surface area contributed by atoms with Crippen LogP contribution in [0.5, 0.6) is 5.75 Å². The lowest BCUT2D eigenvalue weighted by Crippen LogP contribution is -2.12. The summed E-state index contributed by atoms with van der Waals surface area (Å²) in [5, 5.41) is 3.62. The van der Waals surface area contributed by atoms with Crippen molar-refractivity contribution in [3.8, 4) is 5.75 Å². The smallest absolute Gasteiger partial charge is 0.174 e. The molecule has 4 nitrogen and oxygen atoms in total. The number of aromatic nitrogens is 1. The molecule has 1 aliphatic carbocycles. The minimum absolute atomic E-state index is 0.210. The Hall–Kier alpha value is -2.10. The normalized spacial score (nSPS) is 14.3. The first-order valence-corrected chi connectivity index (χ1v) is 6.02. The Labute approximate surface area is 105 Å². The minimum atomic E-state index is 0.210. The van der Waals surface area contributed by atoms with Crippen molar-refractivity contribution in [2.24, 2.45) is 0 Å². The summed E-state index contributed by atoms with van der Waals surface area (Å²) in [5.41, 5.74) is 1.82. The molecule has 0 fully saturated rings. The first-order valence-electron chi connectivity index (χ1n) is 6.02. The maximum absolute atomic E-state index is 11.8. The predicted molar refractivity (Wildman–Crippen MR) is 64.5 cm³/mol. The molecule has 0 saturated heterocycles. The molecule has 0 amide bonds. The van der Waals surface area contributed by atoms with Crippen molar-refractivity contribution in [3.63, 3.8) is 0 Å². The topological polar surface area (TPSA) is 52.3 Å². The van der Waals surface area contributed by atoms with Gasteiger partial charge in [-0.25, -0.2) is 0 Å². The first-order chi connectivity index (χ1) is 8.84. The average molecular weight is 243 g/mol. The van der Waals surface area contributed by atoms with Crippen LogP contribution in [0.2, 0.25) is 0 Å². The molecule has 0 radical (unpaired) electrons. The molecule has 2 aromatic rings. The van der Waals surface area contributed by atoms with Gasteiger partial charge in [0.1, 0.15) is 12.4 Å². The molecule has 0 saturated carbocycles. The van der Waals surface area contributed by atoms with Crippen molar-refractivity contribution in [3.05, 3.63) is 47.3 Å². The molecule has 0 unspecified atom stereocenters. The van der Waals surface area contributed by atoms with Gasteiger partial charge in [-0.05, 0) is 18.9 Å². The Morgan fingerprint density at radius 1 is 1.28 bits per heavy atom. The number of fused-ring (bicyclic) bond motifs is 1. The van der Waals surface area contributed by atoms with Crippen LogP contribution < -0.4 is 4.74 Å². The molecule has 1 aliphatic rings. The van der Waals surface area contributed by atoms with Crippen LogP contribution in [0.15, 0.2) is 35.0 Å². The lowest BCUT2D eigenvalue weighted by molar-refractivity contribution is 0.0971. The van der Waals surface area contributed by atoms with E-state index in [4.69, 9.17) is 9.26 Å². The summed E-state index contributed by atoms with van der Waals surface area (Å²) in [5.74, 6) is 1.66. The molecule has 4 heteroatoms. The number of ether oxygens (including phenoxy) is 1. The number of benzene rings is 1. The summed E-state index contributed by atoms with van der Waals surface area (Å²) in [6.07, 6.45) is 4.02. The standard InChI is InChI=1S/C14H13NO3/c16-13-5-1-4-12-11(13)3-2-6-14(12)17-9-10-7-8-15-18-10/h2-3,6-8H,1,4-5,9H2. The van der Waals surface area contributed by atoms with Gasteiger partial charge in [-0.3, -0.25) is 4.79 Å². The van der Waals surface area contributed by atoms with Crippen LogP contribution in [0.4, 0.5) is 0 Å². The molecular formula is C14H13NO3. The highest BCUT2D eigenvalue weighted by Gasteiger charge is 2.20. The zero-order valence-corrected chi connectivity index (χ0v) is 9.89. The zero-order chi connectivity index (χ0) is 12.4. The van der Waals surface area contributed by atoms with Gasteiger partial charge in [0, 0.05) is 23.6 Å². The van der Waals surface area contributed by atoms with Gasteiger partial charge in [0.25, 0.3) is 0 Å². The number of hydrogen-bond acceptors (Lipinski definition) is 4. The molecule has 1 aromatic carbocycles. The van der Waals surface area contributed by atoms with Crippen molar-refractivity contribution in [2.75, 3.05) is 0 Å². The number of ketones is 1. The van der Waals surface area contributed by atoms with E-state index in [9.17, 15) is 4.79 Å². The third-order valence-corrected chi connectivity index (χ3v) is 3.13. The Kier molecular flexibility index (Phi) is 2.84. The molecular weight excluding hydrogens is 230 g/mol. The van der Waals surface area contributed by atoms with Gasteiger partial charge in [0.15, 0.2) is 11.5 Å².